The van der Waals surface area contributed by atoms with Crippen LogP contribution in [0.2, 0.25) is 0 Å². The largest absolute Gasteiger partial charge is 0.390 e. The maximum atomic E-state index is 11.3. The van der Waals surface area contributed by atoms with Crippen molar-refractivity contribution in [3.05, 3.63) is 0 Å². The van der Waals surface area contributed by atoms with E-state index in [2.05, 4.69) is 0 Å². The predicted molar refractivity (Wildman–Crippen MR) is 61.6 cm³/mol. The van der Waals surface area contributed by atoms with Gasteiger partial charge in [-0.3, -0.25) is 0 Å². The second-order valence-corrected chi connectivity index (χ2v) is 7.10. The summed E-state index contributed by atoms with van der Waals surface area (Å²) in [6.07, 6.45) is 6.31. The van der Waals surface area contributed by atoms with Gasteiger partial charge >= 0.3 is 0 Å². The molecule has 1 aliphatic carbocycles. The monoisotopic (exact) mass is 234 g/mol. The highest BCUT2D eigenvalue weighted by molar-refractivity contribution is 7.91. The quantitative estimate of drug-likeness (QED) is 0.790. The summed E-state index contributed by atoms with van der Waals surface area (Å²) in [6, 6.07) is 0. The van der Waals surface area contributed by atoms with Crippen molar-refractivity contribution >= 4 is 9.84 Å². The van der Waals surface area contributed by atoms with Gasteiger partial charge in [0, 0.05) is 5.75 Å². The predicted octanol–water partition coefficient (Wildman–Crippen LogP) is 1.90. The zero-order valence-corrected chi connectivity index (χ0v) is 10.4. The van der Waals surface area contributed by atoms with Crippen LogP contribution < -0.4 is 0 Å². The van der Waals surface area contributed by atoms with Crippen LogP contribution in [0.15, 0.2) is 0 Å². The molecular weight excluding hydrogens is 212 g/mol. The minimum Gasteiger partial charge on any atom is -0.390 e. The lowest BCUT2D eigenvalue weighted by Crippen LogP contribution is -2.31. The molecule has 0 bridgehead atoms. The van der Waals surface area contributed by atoms with Gasteiger partial charge in [0.25, 0.3) is 0 Å². The van der Waals surface area contributed by atoms with E-state index in [0.29, 0.717) is 12.8 Å². The number of aliphatic hydroxyl groups is 1. The van der Waals surface area contributed by atoms with E-state index in [1.165, 1.54) is 6.42 Å². The third-order valence-corrected chi connectivity index (χ3v) is 5.11. The summed E-state index contributed by atoms with van der Waals surface area (Å²) in [5.74, 6) is 0.442. The third kappa shape index (κ3) is 4.51. The molecule has 0 unspecified atom stereocenters. The maximum Gasteiger partial charge on any atom is 0.150 e. The van der Waals surface area contributed by atoms with Gasteiger partial charge in [-0.2, -0.15) is 0 Å². The standard InChI is InChI=1S/C11H22O3S/c1-2-15(13,14)10-6-9-11(12)7-4-3-5-8-11/h12H,2-10H2,1H3. The molecule has 0 aromatic carbocycles. The summed E-state index contributed by atoms with van der Waals surface area (Å²) in [5.41, 5.74) is -0.568. The molecule has 0 aromatic rings. The molecule has 0 atom stereocenters. The lowest BCUT2D eigenvalue weighted by molar-refractivity contribution is -0.00409. The van der Waals surface area contributed by atoms with Crippen LogP contribution in [0, 0.1) is 0 Å². The Hall–Kier alpha value is -0.0900. The number of hydrogen-bond donors (Lipinski definition) is 1. The van der Waals surface area contributed by atoms with Gasteiger partial charge in [-0.15, -0.1) is 0 Å². The first-order valence-corrected chi connectivity index (χ1v) is 7.72. The topological polar surface area (TPSA) is 54.4 Å². The Morgan fingerprint density at radius 2 is 1.80 bits per heavy atom. The van der Waals surface area contributed by atoms with Crippen molar-refractivity contribution in [2.75, 3.05) is 11.5 Å². The Bertz CT molecular complexity index is 276. The SMILES string of the molecule is CCS(=O)(=O)CCCC1(O)CCCCC1. The molecular formula is C11H22O3S. The Morgan fingerprint density at radius 3 is 2.33 bits per heavy atom. The van der Waals surface area contributed by atoms with Crippen molar-refractivity contribution < 1.29 is 13.5 Å². The Kier molecular flexibility index (Phi) is 4.59. The van der Waals surface area contributed by atoms with Crippen molar-refractivity contribution in [3.63, 3.8) is 0 Å². The molecule has 0 spiro atoms. The van der Waals surface area contributed by atoms with Gasteiger partial charge in [0.15, 0.2) is 0 Å². The van der Waals surface area contributed by atoms with Gasteiger partial charge in [-0.25, -0.2) is 8.42 Å². The first-order valence-electron chi connectivity index (χ1n) is 5.90. The minimum atomic E-state index is -2.86. The van der Waals surface area contributed by atoms with Crippen molar-refractivity contribution in [1.29, 1.82) is 0 Å². The summed E-state index contributed by atoms with van der Waals surface area (Å²) in [6.45, 7) is 1.67. The van der Waals surface area contributed by atoms with Crippen LogP contribution in [-0.4, -0.2) is 30.6 Å². The van der Waals surface area contributed by atoms with E-state index in [-0.39, 0.29) is 11.5 Å². The first kappa shape index (κ1) is 13.0. The second-order valence-electron chi connectivity index (χ2n) is 4.62. The zero-order chi connectivity index (χ0) is 11.4. The molecule has 15 heavy (non-hydrogen) atoms. The van der Waals surface area contributed by atoms with Crippen LogP contribution >= 0.6 is 0 Å². The highest BCUT2D eigenvalue weighted by atomic mass is 32.2. The van der Waals surface area contributed by atoms with E-state index in [1.807, 2.05) is 0 Å². The Labute approximate surface area is 92.8 Å². The molecule has 3 nitrogen and oxygen atoms in total. The van der Waals surface area contributed by atoms with Crippen LogP contribution in [0.4, 0.5) is 0 Å². The molecule has 0 radical (unpaired) electrons. The van der Waals surface area contributed by atoms with Gasteiger partial charge in [0.2, 0.25) is 0 Å². The molecule has 0 aromatic heterocycles. The van der Waals surface area contributed by atoms with Gasteiger partial charge in [-0.05, 0) is 25.7 Å². The van der Waals surface area contributed by atoms with Gasteiger partial charge in [0.05, 0.1) is 11.4 Å². The van der Waals surface area contributed by atoms with E-state index in [4.69, 9.17) is 0 Å². The first-order chi connectivity index (χ1) is 6.97. The molecule has 90 valence electrons. The molecule has 0 heterocycles. The van der Waals surface area contributed by atoms with Crippen LogP contribution in [0.3, 0.4) is 0 Å². The number of sulfone groups is 1. The van der Waals surface area contributed by atoms with Crippen molar-refractivity contribution in [2.24, 2.45) is 0 Å². The minimum absolute atomic E-state index is 0.214. The van der Waals surface area contributed by atoms with Crippen LogP contribution in [0.5, 0.6) is 0 Å². The summed E-state index contributed by atoms with van der Waals surface area (Å²) in [7, 11) is -2.86. The summed E-state index contributed by atoms with van der Waals surface area (Å²) < 4.78 is 22.5. The second kappa shape index (κ2) is 5.30. The molecule has 0 aliphatic heterocycles. The lowest BCUT2D eigenvalue weighted by atomic mass is 9.82. The Balaban J connectivity index is 2.30. The highest BCUT2D eigenvalue weighted by Crippen LogP contribution is 2.31. The molecule has 1 N–H and O–H groups in total. The molecule has 0 saturated heterocycles. The smallest absolute Gasteiger partial charge is 0.150 e. The molecule has 4 heteroatoms. The number of hydrogen-bond acceptors (Lipinski definition) is 3. The molecule has 1 fully saturated rings. The van der Waals surface area contributed by atoms with E-state index >= 15 is 0 Å². The molecule has 1 aliphatic rings. The fourth-order valence-corrected chi connectivity index (χ4v) is 3.10. The van der Waals surface area contributed by atoms with Crippen LogP contribution in [0.25, 0.3) is 0 Å². The number of rotatable bonds is 5. The van der Waals surface area contributed by atoms with E-state index < -0.39 is 15.4 Å². The van der Waals surface area contributed by atoms with E-state index in [9.17, 15) is 13.5 Å². The summed E-state index contributed by atoms with van der Waals surface area (Å²) >= 11 is 0. The molecule has 1 rings (SSSR count). The Morgan fingerprint density at radius 1 is 1.20 bits per heavy atom. The van der Waals surface area contributed by atoms with E-state index in [0.717, 1.165) is 25.7 Å². The normalized spacial score (nSPS) is 21.5. The van der Waals surface area contributed by atoms with Gasteiger partial charge in [-0.1, -0.05) is 26.2 Å². The summed E-state index contributed by atoms with van der Waals surface area (Å²) in [4.78, 5) is 0. The third-order valence-electron chi connectivity index (χ3n) is 3.32. The average molecular weight is 234 g/mol. The van der Waals surface area contributed by atoms with Crippen LogP contribution in [0.1, 0.15) is 51.9 Å². The van der Waals surface area contributed by atoms with Gasteiger partial charge < -0.3 is 5.11 Å². The fourth-order valence-electron chi connectivity index (χ4n) is 2.23. The van der Waals surface area contributed by atoms with Crippen molar-refractivity contribution in [2.45, 2.75) is 57.5 Å². The van der Waals surface area contributed by atoms with Crippen LogP contribution in [-0.2, 0) is 9.84 Å². The summed E-state index contributed by atoms with van der Waals surface area (Å²) in [5, 5.41) is 10.1. The van der Waals surface area contributed by atoms with E-state index in [1.54, 1.807) is 6.92 Å². The molecule has 1 saturated carbocycles. The maximum absolute atomic E-state index is 11.3. The van der Waals surface area contributed by atoms with Crippen molar-refractivity contribution in [1.82, 2.24) is 0 Å². The fraction of sp³-hybridized carbons (Fsp3) is 1.00. The van der Waals surface area contributed by atoms with Gasteiger partial charge in [0.1, 0.15) is 9.84 Å². The lowest BCUT2D eigenvalue weighted by Gasteiger charge is -2.32. The zero-order valence-electron chi connectivity index (χ0n) is 9.54. The molecule has 0 amide bonds. The highest BCUT2D eigenvalue weighted by Gasteiger charge is 2.28. The average Bonchev–Trinajstić information content (AvgIpc) is 2.18. The van der Waals surface area contributed by atoms with Crippen molar-refractivity contribution in [3.8, 4) is 0 Å².